The molecule has 1 N–H and O–H groups in total. The van der Waals surface area contributed by atoms with Crippen LogP contribution in [0.2, 0.25) is 0 Å². The van der Waals surface area contributed by atoms with Crippen molar-refractivity contribution in [1.29, 1.82) is 0 Å². The number of hydrogen-bond acceptors (Lipinski definition) is 2. The van der Waals surface area contributed by atoms with Crippen molar-refractivity contribution >= 4 is 11.0 Å². The summed E-state index contributed by atoms with van der Waals surface area (Å²) in [5.41, 5.74) is 1.95. The normalized spacial score (nSPS) is 10.7. The monoisotopic (exact) mass is 149 g/mol. The van der Waals surface area contributed by atoms with Crippen LogP contribution in [0, 0.1) is 6.92 Å². The summed E-state index contributed by atoms with van der Waals surface area (Å²) in [4.78, 5) is 7.35. The molecule has 0 spiro atoms. The maximum Gasteiger partial charge on any atom is 0.221 e. The van der Waals surface area contributed by atoms with Crippen molar-refractivity contribution < 1.29 is 4.68 Å². The van der Waals surface area contributed by atoms with Crippen LogP contribution in [0.3, 0.4) is 0 Å². The predicted octanol–water partition coefficient (Wildman–Crippen LogP) is 0.0908. The molecule has 0 unspecified atom stereocenters. The molecule has 0 fully saturated rings. The van der Waals surface area contributed by atoms with Crippen molar-refractivity contribution in [3.8, 4) is 0 Å². The molecule has 0 aliphatic rings. The van der Waals surface area contributed by atoms with Gasteiger partial charge in [0.15, 0.2) is 7.05 Å². The Bertz CT molecular complexity index is 390. The zero-order valence-corrected chi connectivity index (χ0v) is 6.50. The first-order valence-corrected chi connectivity index (χ1v) is 3.44. The van der Waals surface area contributed by atoms with E-state index < -0.39 is 0 Å². The number of fused-ring (bicyclic) bond motifs is 1. The summed E-state index contributed by atoms with van der Waals surface area (Å²) < 4.78 is 1.75. The lowest BCUT2D eigenvalue weighted by Crippen LogP contribution is -2.31. The largest absolute Gasteiger partial charge is 0.337 e. The second-order valence-electron chi connectivity index (χ2n) is 2.57. The fraction of sp³-hybridized carbons (Fsp3) is 0.286. The molecule has 11 heavy (non-hydrogen) atoms. The molecule has 56 valence electrons. The molecule has 0 saturated heterocycles. The highest BCUT2D eigenvalue weighted by molar-refractivity contribution is 5.71. The van der Waals surface area contributed by atoms with E-state index in [-0.39, 0.29) is 0 Å². The van der Waals surface area contributed by atoms with Gasteiger partial charge in [-0.1, -0.05) is 4.68 Å². The van der Waals surface area contributed by atoms with Gasteiger partial charge in [-0.25, -0.2) is 4.98 Å². The maximum atomic E-state index is 4.22. The molecular weight excluding hydrogens is 140 g/mol. The highest BCUT2D eigenvalue weighted by atomic mass is 15.2. The Balaban J connectivity index is 2.82. The molecule has 0 amide bonds. The maximum absolute atomic E-state index is 4.22. The van der Waals surface area contributed by atoms with E-state index in [0.717, 1.165) is 16.9 Å². The summed E-state index contributed by atoms with van der Waals surface area (Å²) in [6.07, 6.45) is 3.66. The van der Waals surface area contributed by atoms with E-state index in [2.05, 4.69) is 15.1 Å². The van der Waals surface area contributed by atoms with Crippen LogP contribution in [0.4, 0.5) is 0 Å². The van der Waals surface area contributed by atoms with Crippen LogP contribution in [-0.2, 0) is 7.05 Å². The van der Waals surface area contributed by atoms with Gasteiger partial charge in [0.1, 0.15) is 23.1 Å². The molecule has 2 aromatic heterocycles. The molecule has 2 heterocycles. The number of nitrogens with zero attached hydrogens (tertiary/aromatic N) is 3. The molecule has 0 aliphatic carbocycles. The highest BCUT2D eigenvalue weighted by Gasteiger charge is 2.02. The molecule has 0 aliphatic heterocycles. The van der Waals surface area contributed by atoms with E-state index in [1.165, 1.54) is 0 Å². The topological polar surface area (TPSA) is 45.5 Å². The highest BCUT2D eigenvalue weighted by Crippen LogP contribution is 2.04. The average Bonchev–Trinajstić information content (AvgIpc) is 2.27. The quantitative estimate of drug-likeness (QED) is 0.539. The molecule has 4 nitrogen and oxygen atoms in total. The lowest BCUT2D eigenvalue weighted by molar-refractivity contribution is -0.729. The zero-order chi connectivity index (χ0) is 7.84. The third-order valence-electron chi connectivity index (χ3n) is 1.56. The number of H-pyrrole nitrogens is 1. The van der Waals surface area contributed by atoms with Gasteiger partial charge in [-0.2, -0.15) is 0 Å². The third-order valence-corrected chi connectivity index (χ3v) is 1.56. The van der Waals surface area contributed by atoms with Gasteiger partial charge in [0.2, 0.25) is 6.20 Å². The minimum absolute atomic E-state index is 0.917. The Morgan fingerprint density at radius 1 is 1.55 bits per heavy atom. The van der Waals surface area contributed by atoms with Gasteiger partial charge >= 0.3 is 0 Å². The zero-order valence-electron chi connectivity index (χ0n) is 6.50. The van der Waals surface area contributed by atoms with Crippen LogP contribution < -0.4 is 4.68 Å². The lowest BCUT2D eigenvalue weighted by Gasteiger charge is -1.81. The van der Waals surface area contributed by atoms with Gasteiger partial charge in [0.05, 0.1) is 0 Å². The molecular formula is C7H9N4+. The molecule has 0 radical (unpaired) electrons. The number of imidazole rings is 1. The van der Waals surface area contributed by atoms with Crippen LogP contribution in [0.15, 0.2) is 12.4 Å². The summed E-state index contributed by atoms with van der Waals surface area (Å²) in [7, 11) is 1.88. The number of aromatic amines is 1. The molecule has 4 heteroatoms. The lowest BCUT2D eigenvalue weighted by atomic mass is 10.5. The fourth-order valence-corrected chi connectivity index (χ4v) is 1.09. The molecule has 0 aromatic carbocycles. The molecule has 0 atom stereocenters. The number of aromatic nitrogens is 4. The fourth-order valence-electron chi connectivity index (χ4n) is 1.09. The Hall–Kier alpha value is -1.45. The number of aryl methyl sites for hydroxylation is 2. The van der Waals surface area contributed by atoms with E-state index in [0.29, 0.717) is 0 Å². The summed E-state index contributed by atoms with van der Waals surface area (Å²) in [5, 5.41) is 4.05. The molecule has 0 saturated carbocycles. The van der Waals surface area contributed by atoms with Crippen molar-refractivity contribution in [3.63, 3.8) is 0 Å². The molecule has 2 rings (SSSR count). The first kappa shape index (κ1) is 6.27. The smallest absolute Gasteiger partial charge is 0.221 e. The van der Waals surface area contributed by atoms with Crippen LogP contribution in [-0.4, -0.2) is 15.1 Å². The Kier molecular flexibility index (Phi) is 1.15. The van der Waals surface area contributed by atoms with Crippen molar-refractivity contribution in [2.45, 2.75) is 6.92 Å². The van der Waals surface area contributed by atoms with E-state index in [9.17, 15) is 0 Å². The van der Waals surface area contributed by atoms with Gasteiger partial charge in [-0.05, 0) is 12.0 Å². The number of rotatable bonds is 0. The second kappa shape index (κ2) is 2.02. The number of nitrogens with one attached hydrogen (secondary N) is 1. The van der Waals surface area contributed by atoms with Gasteiger partial charge < -0.3 is 4.98 Å². The van der Waals surface area contributed by atoms with Crippen molar-refractivity contribution in [2.24, 2.45) is 7.05 Å². The first-order valence-electron chi connectivity index (χ1n) is 3.44. The van der Waals surface area contributed by atoms with Crippen molar-refractivity contribution in [3.05, 3.63) is 18.2 Å². The van der Waals surface area contributed by atoms with E-state index in [1.807, 2.05) is 20.2 Å². The summed E-state index contributed by atoms with van der Waals surface area (Å²) >= 11 is 0. The van der Waals surface area contributed by atoms with Crippen LogP contribution in [0.1, 0.15) is 5.82 Å². The third kappa shape index (κ3) is 0.960. The Morgan fingerprint density at radius 2 is 2.36 bits per heavy atom. The summed E-state index contributed by atoms with van der Waals surface area (Å²) in [5.74, 6) is 0.924. The van der Waals surface area contributed by atoms with Crippen LogP contribution in [0.5, 0.6) is 0 Å². The SMILES string of the molecule is Cc1nc2cn[n+](C)cc2[nH]1. The number of hydrogen-bond donors (Lipinski definition) is 1. The van der Waals surface area contributed by atoms with Gasteiger partial charge in [-0.3, -0.25) is 0 Å². The summed E-state index contributed by atoms with van der Waals surface area (Å²) in [6.45, 7) is 1.93. The van der Waals surface area contributed by atoms with E-state index >= 15 is 0 Å². The first-order chi connectivity index (χ1) is 5.25. The van der Waals surface area contributed by atoms with Crippen molar-refractivity contribution in [1.82, 2.24) is 15.1 Å². The average molecular weight is 149 g/mol. The second-order valence-corrected chi connectivity index (χ2v) is 2.57. The Morgan fingerprint density at radius 3 is 3.18 bits per heavy atom. The van der Waals surface area contributed by atoms with E-state index in [1.54, 1.807) is 10.9 Å². The van der Waals surface area contributed by atoms with Crippen molar-refractivity contribution in [2.75, 3.05) is 0 Å². The standard InChI is InChI=1S/C7H8N4/c1-5-9-6-3-8-11(2)4-7(6)10-5/h3-4H,1-2H3/p+1. The molecule has 0 bridgehead atoms. The van der Waals surface area contributed by atoms with Crippen LogP contribution in [0.25, 0.3) is 11.0 Å². The van der Waals surface area contributed by atoms with E-state index in [4.69, 9.17) is 0 Å². The Labute approximate surface area is 63.9 Å². The van der Waals surface area contributed by atoms with Gasteiger partial charge in [0, 0.05) is 0 Å². The predicted molar refractivity (Wildman–Crippen MR) is 39.8 cm³/mol. The van der Waals surface area contributed by atoms with Crippen LogP contribution >= 0.6 is 0 Å². The van der Waals surface area contributed by atoms with Gasteiger partial charge in [0.25, 0.3) is 0 Å². The molecule has 2 aromatic rings. The minimum atomic E-state index is 0.917. The van der Waals surface area contributed by atoms with Gasteiger partial charge in [-0.15, -0.1) is 0 Å². The summed E-state index contributed by atoms with van der Waals surface area (Å²) in [6, 6.07) is 0. The minimum Gasteiger partial charge on any atom is -0.337 e.